The molecule has 25 heavy (non-hydrogen) atoms. The number of hydrogen-bond acceptors (Lipinski definition) is 4. The third-order valence-electron chi connectivity index (χ3n) is 5.76. The maximum Gasteiger partial charge on any atom is 0.317 e. The number of carbonyl (C=O) groups is 1. The zero-order valence-electron chi connectivity index (χ0n) is 15.1. The molecular weight excluding hydrogens is 318 g/mol. The van der Waals surface area contributed by atoms with E-state index in [1.54, 1.807) is 0 Å². The maximum atomic E-state index is 12.1. The molecule has 1 atom stereocenters. The Morgan fingerprint density at radius 1 is 1.40 bits per heavy atom. The first-order chi connectivity index (χ1) is 12.1. The van der Waals surface area contributed by atoms with Gasteiger partial charge in [0.05, 0.1) is 18.4 Å². The van der Waals surface area contributed by atoms with E-state index in [0.29, 0.717) is 5.92 Å². The van der Waals surface area contributed by atoms with Crippen molar-refractivity contribution in [1.29, 1.82) is 0 Å². The fraction of sp³-hybridized carbons (Fsp3) is 0.778. The fourth-order valence-corrected chi connectivity index (χ4v) is 4.28. The molecule has 3 aliphatic rings. The number of nitrogens with zero attached hydrogens (tertiary/aromatic N) is 4. The summed E-state index contributed by atoms with van der Waals surface area (Å²) < 4.78 is 8.07. The largest absolute Gasteiger partial charge is 0.372 e. The van der Waals surface area contributed by atoms with Crippen molar-refractivity contribution in [2.24, 2.45) is 13.0 Å². The first kappa shape index (κ1) is 16.8. The number of aromatic nitrogens is 2. The van der Waals surface area contributed by atoms with Crippen molar-refractivity contribution in [1.82, 2.24) is 24.9 Å². The fourth-order valence-electron chi connectivity index (χ4n) is 4.28. The van der Waals surface area contributed by atoms with Gasteiger partial charge in [0.1, 0.15) is 0 Å². The summed E-state index contributed by atoms with van der Waals surface area (Å²) in [5.41, 5.74) is 1.31. The quantitative estimate of drug-likeness (QED) is 0.889. The minimum atomic E-state index is 0.0532. The Labute approximate surface area is 149 Å². The van der Waals surface area contributed by atoms with Crippen LogP contribution in [0.2, 0.25) is 0 Å². The lowest BCUT2D eigenvalue weighted by Gasteiger charge is -2.53. The van der Waals surface area contributed by atoms with Crippen LogP contribution >= 0.6 is 0 Å². The number of amides is 2. The van der Waals surface area contributed by atoms with Crippen LogP contribution in [-0.2, 0) is 18.3 Å². The zero-order valence-corrected chi connectivity index (χ0v) is 15.1. The minimum Gasteiger partial charge on any atom is -0.372 e. The lowest BCUT2D eigenvalue weighted by molar-refractivity contribution is -0.181. The SMILES string of the molecule is Cn1cc(CN2CC3(CC[C@@H](CNC(=O)N4CCCC4)CO3)C2)cn1. The van der Waals surface area contributed by atoms with Gasteiger partial charge >= 0.3 is 6.03 Å². The van der Waals surface area contributed by atoms with E-state index in [9.17, 15) is 4.79 Å². The molecule has 4 rings (SSSR count). The Morgan fingerprint density at radius 2 is 2.20 bits per heavy atom. The van der Waals surface area contributed by atoms with E-state index in [2.05, 4.69) is 21.5 Å². The van der Waals surface area contributed by atoms with Gasteiger partial charge in [0, 0.05) is 58.1 Å². The molecule has 1 aromatic heterocycles. The van der Waals surface area contributed by atoms with Gasteiger partial charge in [-0.05, 0) is 31.6 Å². The molecular formula is C18H29N5O2. The van der Waals surface area contributed by atoms with Crippen LogP contribution in [0, 0.1) is 5.92 Å². The molecule has 138 valence electrons. The highest BCUT2D eigenvalue weighted by Crippen LogP contribution is 2.36. The molecule has 7 heteroatoms. The predicted molar refractivity (Wildman–Crippen MR) is 94.1 cm³/mol. The van der Waals surface area contributed by atoms with E-state index in [4.69, 9.17) is 4.74 Å². The molecule has 0 bridgehead atoms. The normalized spacial score (nSPS) is 26.0. The Hall–Kier alpha value is -1.60. The predicted octanol–water partition coefficient (Wildman–Crippen LogP) is 1.21. The summed E-state index contributed by atoms with van der Waals surface area (Å²) >= 11 is 0. The average Bonchev–Trinajstić information content (AvgIpc) is 3.24. The van der Waals surface area contributed by atoms with E-state index >= 15 is 0 Å². The Balaban J connectivity index is 1.16. The van der Waals surface area contributed by atoms with Gasteiger partial charge in [-0.3, -0.25) is 9.58 Å². The van der Waals surface area contributed by atoms with Crippen LogP contribution in [0.25, 0.3) is 0 Å². The Bertz CT molecular complexity index is 594. The zero-order chi connectivity index (χ0) is 17.3. The summed E-state index contributed by atoms with van der Waals surface area (Å²) in [5, 5.41) is 7.31. The lowest BCUT2D eigenvalue weighted by Crippen LogP contribution is -2.64. The molecule has 3 aliphatic heterocycles. The summed E-state index contributed by atoms with van der Waals surface area (Å²) in [4.78, 5) is 16.4. The molecule has 1 N–H and O–H groups in total. The molecule has 0 aromatic carbocycles. The van der Waals surface area contributed by atoms with Gasteiger partial charge in [0.15, 0.2) is 0 Å². The van der Waals surface area contributed by atoms with Crippen molar-refractivity contribution in [2.75, 3.05) is 39.3 Å². The van der Waals surface area contributed by atoms with Crippen LogP contribution in [0.3, 0.4) is 0 Å². The molecule has 0 unspecified atom stereocenters. The first-order valence-corrected chi connectivity index (χ1v) is 9.49. The topological polar surface area (TPSA) is 62.6 Å². The molecule has 3 fully saturated rings. The molecule has 7 nitrogen and oxygen atoms in total. The third kappa shape index (κ3) is 3.82. The van der Waals surface area contributed by atoms with E-state index in [-0.39, 0.29) is 11.6 Å². The van der Waals surface area contributed by atoms with Gasteiger partial charge in [0.2, 0.25) is 0 Å². The summed E-state index contributed by atoms with van der Waals surface area (Å²) in [6.45, 7) is 6.29. The highest BCUT2D eigenvalue weighted by atomic mass is 16.5. The molecule has 2 amide bonds. The van der Waals surface area contributed by atoms with Gasteiger partial charge in [-0.25, -0.2) is 4.79 Å². The highest BCUT2D eigenvalue weighted by molar-refractivity contribution is 5.74. The van der Waals surface area contributed by atoms with Crippen molar-refractivity contribution in [3.8, 4) is 0 Å². The number of rotatable bonds is 4. The van der Waals surface area contributed by atoms with Crippen LogP contribution in [0.4, 0.5) is 4.79 Å². The molecule has 1 spiro atoms. The number of hydrogen-bond donors (Lipinski definition) is 1. The Morgan fingerprint density at radius 3 is 2.84 bits per heavy atom. The van der Waals surface area contributed by atoms with E-state index in [1.165, 1.54) is 5.56 Å². The number of ether oxygens (including phenoxy) is 1. The number of aryl methyl sites for hydroxylation is 1. The lowest BCUT2D eigenvalue weighted by atomic mass is 9.83. The summed E-state index contributed by atoms with van der Waals surface area (Å²) in [6, 6.07) is 0.101. The van der Waals surface area contributed by atoms with Crippen LogP contribution < -0.4 is 5.32 Å². The molecule has 4 heterocycles. The van der Waals surface area contributed by atoms with E-state index < -0.39 is 0 Å². The van der Waals surface area contributed by atoms with Crippen LogP contribution in [-0.4, -0.2) is 70.5 Å². The molecule has 3 saturated heterocycles. The second-order valence-electron chi connectivity index (χ2n) is 7.95. The van der Waals surface area contributed by atoms with Gasteiger partial charge in [-0.15, -0.1) is 0 Å². The van der Waals surface area contributed by atoms with Gasteiger partial charge in [-0.1, -0.05) is 0 Å². The summed E-state index contributed by atoms with van der Waals surface area (Å²) in [7, 11) is 1.95. The Kier molecular flexibility index (Phi) is 4.69. The molecule has 0 radical (unpaired) electrons. The van der Waals surface area contributed by atoms with Crippen LogP contribution in [0.15, 0.2) is 12.4 Å². The smallest absolute Gasteiger partial charge is 0.317 e. The van der Waals surface area contributed by atoms with Crippen LogP contribution in [0.1, 0.15) is 31.2 Å². The van der Waals surface area contributed by atoms with Crippen molar-refractivity contribution in [2.45, 2.75) is 37.8 Å². The van der Waals surface area contributed by atoms with Crippen molar-refractivity contribution >= 4 is 6.03 Å². The average molecular weight is 347 g/mol. The monoisotopic (exact) mass is 347 g/mol. The number of carbonyl (C=O) groups excluding carboxylic acids is 1. The highest BCUT2D eigenvalue weighted by Gasteiger charge is 2.46. The van der Waals surface area contributed by atoms with Crippen molar-refractivity contribution < 1.29 is 9.53 Å². The van der Waals surface area contributed by atoms with Crippen molar-refractivity contribution in [3.05, 3.63) is 18.0 Å². The van der Waals surface area contributed by atoms with Crippen molar-refractivity contribution in [3.63, 3.8) is 0 Å². The third-order valence-corrected chi connectivity index (χ3v) is 5.76. The van der Waals surface area contributed by atoms with Gasteiger partial charge in [0.25, 0.3) is 0 Å². The van der Waals surface area contributed by atoms with E-state index in [0.717, 1.165) is 71.6 Å². The van der Waals surface area contributed by atoms with E-state index in [1.807, 2.05) is 22.8 Å². The van der Waals surface area contributed by atoms with Gasteiger partial charge < -0.3 is 15.0 Å². The number of nitrogens with one attached hydrogen (secondary N) is 1. The minimum absolute atomic E-state index is 0.0532. The van der Waals surface area contributed by atoms with Gasteiger partial charge in [-0.2, -0.15) is 5.10 Å². The number of likely N-dealkylation sites (tertiary alicyclic amines) is 2. The molecule has 0 aliphatic carbocycles. The summed E-state index contributed by atoms with van der Waals surface area (Å²) in [5.74, 6) is 0.449. The second-order valence-corrected chi connectivity index (χ2v) is 7.95. The first-order valence-electron chi connectivity index (χ1n) is 9.49. The standard InChI is InChI=1S/C18H29N5O2/c1-21-10-16(9-20-21)11-22-13-18(14-22)5-4-15(12-25-18)8-19-17(24)23-6-2-3-7-23/h9-10,15H,2-8,11-14H2,1H3,(H,19,24)/t15-/m0/s1. The molecule has 1 aromatic rings. The second kappa shape index (κ2) is 6.96. The maximum absolute atomic E-state index is 12.1. The number of urea groups is 1. The van der Waals surface area contributed by atoms with Crippen LogP contribution in [0.5, 0.6) is 0 Å². The summed E-state index contributed by atoms with van der Waals surface area (Å²) in [6.07, 6.45) is 8.52. The molecule has 0 saturated carbocycles.